The molecule has 4 aromatic carbocycles. The quantitative estimate of drug-likeness (QED) is 0.177. The van der Waals surface area contributed by atoms with Crippen molar-refractivity contribution in [2.24, 2.45) is 5.41 Å². The first kappa shape index (κ1) is 45.6. The highest BCUT2D eigenvalue weighted by atomic mass is 32.2. The summed E-state index contributed by atoms with van der Waals surface area (Å²) in [4.78, 5) is 9.91. The third-order valence-corrected chi connectivity index (χ3v) is 7.25. The summed E-state index contributed by atoms with van der Waals surface area (Å²) in [6.07, 6.45) is 3.24. The Morgan fingerprint density at radius 2 is 0.680 bits per heavy atom. The molecule has 0 fully saturated rings. The average Bonchev–Trinajstić information content (AvgIpc) is 3.04. The molecule has 0 aliphatic carbocycles. The van der Waals surface area contributed by atoms with E-state index in [0.717, 1.165) is 30.4 Å². The van der Waals surface area contributed by atoms with E-state index in [1.54, 1.807) is 38.5 Å². The molecule has 0 spiro atoms. The maximum Gasteiger partial charge on any atom is 0.206 e. The Labute approximate surface area is 300 Å². The molecule has 0 amide bonds. The Balaban J connectivity index is 0.000000702. The van der Waals surface area contributed by atoms with Gasteiger partial charge < -0.3 is 23.7 Å². The molecule has 0 bridgehead atoms. The number of rotatable bonds is 8. The average molecular weight is 731 g/mol. The van der Waals surface area contributed by atoms with Crippen LogP contribution in [0.25, 0.3) is 0 Å². The van der Waals surface area contributed by atoms with E-state index in [-0.39, 0.29) is 15.6 Å². The van der Waals surface area contributed by atoms with Crippen LogP contribution in [0.1, 0.15) is 52.7 Å². The standard InChI is InChI=1S/C15H16O2.C14H14O4S.C5H12.C3H6O.C2H6O2S/c1-16-14-7-3-12(4-8-14)11-13-5-9-15(17-2)10-6-13;1-17-11-3-7-13(8-4-11)19(15,16)14-9-5-12(18-2)6-10-14;1-5(2,3)4;1-3(2)4;1-5(2,3)4/h3-10H,11H2,1-2H3;3-10H,1-2H3;1-4H3;1-2H3;1-2H3. The molecule has 0 aliphatic rings. The van der Waals surface area contributed by atoms with Crippen LogP contribution in [0.3, 0.4) is 0 Å². The number of Topliss-reactive ketones (excluding diaryl/α,β-unsaturated/α-hetero) is 1. The van der Waals surface area contributed by atoms with Gasteiger partial charge in [0, 0.05) is 12.5 Å². The molecule has 0 atom stereocenters. The zero-order valence-corrected chi connectivity index (χ0v) is 33.1. The van der Waals surface area contributed by atoms with Gasteiger partial charge in [0.1, 0.15) is 38.6 Å². The number of benzene rings is 4. The zero-order chi connectivity index (χ0) is 38.5. The van der Waals surface area contributed by atoms with Gasteiger partial charge in [0.25, 0.3) is 0 Å². The minimum absolute atomic E-state index is 0.167. The van der Waals surface area contributed by atoms with E-state index in [0.29, 0.717) is 16.9 Å². The summed E-state index contributed by atoms with van der Waals surface area (Å²) in [5, 5.41) is 0. The fourth-order valence-corrected chi connectivity index (χ4v) is 4.63. The minimum atomic E-state index is -3.50. The molecule has 0 unspecified atom stereocenters. The summed E-state index contributed by atoms with van der Waals surface area (Å²) >= 11 is 0. The van der Waals surface area contributed by atoms with Gasteiger partial charge in [-0.2, -0.15) is 0 Å². The molecule has 4 rings (SSSR count). The van der Waals surface area contributed by atoms with Crippen molar-refractivity contribution in [3.05, 3.63) is 108 Å². The molecule has 0 aromatic heterocycles. The molecule has 4 aromatic rings. The van der Waals surface area contributed by atoms with Crippen LogP contribution in [0.15, 0.2) is 107 Å². The monoisotopic (exact) mass is 730 g/mol. The van der Waals surface area contributed by atoms with Crippen molar-refractivity contribution in [3.63, 3.8) is 0 Å². The Morgan fingerprint density at radius 1 is 0.500 bits per heavy atom. The maximum atomic E-state index is 12.4. The van der Waals surface area contributed by atoms with Crippen molar-refractivity contribution in [3.8, 4) is 23.0 Å². The second kappa shape index (κ2) is 22.4. The molecule has 276 valence electrons. The van der Waals surface area contributed by atoms with E-state index in [1.807, 2.05) is 24.3 Å². The highest BCUT2D eigenvalue weighted by Gasteiger charge is 2.17. The van der Waals surface area contributed by atoms with Crippen LogP contribution >= 0.6 is 0 Å². The van der Waals surface area contributed by atoms with Crippen LogP contribution in [0.2, 0.25) is 0 Å². The summed E-state index contributed by atoms with van der Waals surface area (Å²) in [6.45, 7) is 11.8. The van der Waals surface area contributed by atoms with Crippen molar-refractivity contribution in [1.82, 2.24) is 0 Å². The van der Waals surface area contributed by atoms with Crippen molar-refractivity contribution in [2.45, 2.75) is 57.8 Å². The van der Waals surface area contributed by atoms with Crippen molar-refractivity contribution in [1.29, 1.82) is 0 Å². The molecule has 11 heteroatoms. The summed E-state index contributed by atoms with van der Waals surface area (Å²) in [7, 11) is 0.261. The lowest BCUT2D eigenvalue weighted by Crippen LogP contribution is -2.01. The van der Waals surface area contributed by atoms with Crippen LogP contribution in [0.4, 0.5) is 0 Å². The zero-order valence-electron chi connectivity index (χ0n) is 31.4. The van der Waals surface area contributed by atoms with Gasteiger partial charge in [-0.05, 0) is 110 Å². The van der Waals surface area contributed by atoms with Crippen LogP contribution in [0, 0.1) is 5.41 Å². The van der Waals surface area contributed by atoms with Gasteiger partial charge in [-0.15, -0.1) is 0 Å². The van der Waals surface area contributed by atoms with Crippen LogP contribution in [-0.2, 0) is 30.9 Å². The van der Waals surface area contributed by atoms with Gasteiger partial charge in [0.05, 0.1) is 38.2 Å². The molecule has 50 heavy (non-hydrogen) atoms. The highest BCUT2D eigenvalue weighted by molar-refractivity contribution is 7.91. The van der Waals surface area contributed by atoms with Crippen LogP contribution in [-0.4, -0.2) is 63.6 Å². The lowest BCUT2D eigenvalue weighted by molar-refractivity contribution is -0.115. The number of hydrogen-bond donors (Lipinski definition) is 0. The van der Waals surface area contributed by atoms with E-state index in [2.05, 4.69) is 52.0 Å². The number of hydrogen-bond acceptors (Lipinski definition) is 9. The molecule has 0 radical (unpaired) electrons. The lowest BCUT2D eigenvalue weighted by atomic mass is 10.0. The Morgan fingerprint density at radius 3 is 0.860 bits per heavy atom. The first-order valence-corrected chi connectivity index (χ1v) is 19.3. The Bertz CT molecular complexity index is 1620. The fraction of sp³-hybridized carbons (Fsp3) is 0.359. The van der Waals surface area contributed by atoms with Crippen LogP contribution in [0.5, 0.6) is 23.0 Å². The summed E-state index contributed by atoms with van der Waals surface area (Å²) in [6, 6.07) is 28.9. The number of carbonyl (C=O) groups excluding carboxylic acids is 1. The van der Waals surface area contributed by atoms with E-state index in [9.17, 15) is 21.6 Å². The number of carbonyl (C=O) groups is 1. The summed E-state index contributed by atoms with van der Waals surface area (Å²) < 4.78 is 64.2. The molecule has 0 heterocycles. The van der Waals surface area contributed by atoms with Crippen molar-refractivity contribution >= 4 is 25.5 Å². The van der Waals surface area contributed by atoms with Gasteiger partial charge in [-0.25, -0.2) is 16.8 Å². The first-order valence-electron chi connectivity index (χ1n) is 15.5. The molecular weight excluding hydrogens is 677 g/mol. The highest BCUT2D eigenvalue weighted by Crippen LogP contribution is 2.24. The Kier molecular flexibility index (Phi) is 20.4. The van der Waals surface area contributed by atoms with Crippen LogP contribution < -0.4 is 18.9 Å². The molecular formula is C39H54O9S2. The smallest absolute Gasteiger partial charge is 0.206 e. The third kappa shape index (κ3) is 22.3. The van der Waals surface area contributed by atoms with E-state index < -0.39 is 19.7 Å². The van der Waals surface area contributed by atoms with Crippen molar-refractivity contribution < 1.29 is 40.6 Å². The summed E-state index contributed by atoms with van der Waals surface area (Å²) in [5.74, 6) is 3.19. The topological polar surface area (TPSA) is 122 Å². The summed E-state index contributed by atoms with van der Waals surface area (Å²) in [5.41, 5.74) is 3.05. The van der Waals surface area contributed by atoms with Gasteiger partial charge in [-0.3, -0.25) is 0 Å². The number of ether oxygens (including phenoxy) is 4. The molecule has 0 N–H and O–H groups in total. The number of sulfone groups is 2. The predicted molar refractivity (Wildman–Crippen MR) is 202 cm³/mol. The molecule has 0 saturated carbocycles. The Hall–Kier alpha value is -4.35. The van der Waals surface area contributed by atoms with E-state index in [4.69, 9.17) is 18.9 Å². The van der Waals surface area contributed by atoms with Crippen molar-refractivity contribution in [2.75, 3.05) is 41.0 Å². The molecule has 0 aliphatic heterocycles. The normalized spacial score (nSPS) is 10.5. The second-order valence-electron chi connectivity index (χ2n) is 12.8. The molecule has 9 nitrogen and oxygen atoms in total. The maximum absolute atomic E-state index is 12.4. The van der Waals surface area contributed by atoms with Gasteiger partial charge in [-0.1, -0.05) is 52.0 Å². The second-order valence-corrected chi connectivity index (χ2v) is 17.0. The number of ketones is 1. The van der Waals surface area contributed by atoms with Gasteiger partial charge in [0.2, 0.25) is 9.84 Å². The SMILES string of the molecule is CC(C)(C)C.CC(C)=O.COc1ccc(Cc2ccc(OC)cc2)cc1.COc1ccc(S(=O)(=O)c2ccc(OC)cc2)cc1.CS(C)(=O)=O. The van der Waals surface area contributed by atoms with E-state index in [1.165, 1.54) is 63.5 Å². The van der Waals surface area contributed by atoms with Gasteiger partial charge >= 0.3 is 0 Å². The van der Waals surface area contributed by atoms with E-state index >= 15 is 0 Å². The molecule has 0 saturated heterocycles. The van der Waals surface area contributed by atoms with Gasteiger partial charge in [0.15, 0.2) is 0 Å². The fourth-order valence-electron chi connectivity index (χ4n) is 3.37. The third-order valence-electron chi connectivity index (χ3n) is 5.47. The largest absolute Gasteiger partial charge is 0.497 e. The lowest BCUT2D eigenvalue weighted by Gasteiger charge is -2.06. The minimum Gasteiger partial charge on any atom is -0.497 e. The first-order chi connectivity index (χ1) is 23.1. The predicted octanol–water partition coefficient (Wildman–Crippen LogP) is 8.14. The number of methoxy groups -OCH3 is 4.